The Bertz CT molecular complexity index is 716. The summed E-state index contributed by atoms with van der Waals surface area (Å²) in [6.45, 7) is 0.502. The second-order valence-electron chi connectivity index (χ2n) is 4.51. The van der Waals surface area contributed by atoms with Crippen molar-refractivity contribution in [3.63, 3.8) is 0 Å². The van der Waals surface area contributed by atoms with E-state index in [-0.39, 0.29) is 0 Å². The number of hydrogen-bond donors (Lipinski definition) is 1. The Kier molecular flexibility index (Phi) is 3.66. The molecular weight excluding hydrogens is 249 g/mol. The Balaban J connectivity index is 1.79. The summed E-state index contributed by atoms with van der Waals surface area (Å²) < 4.78 is 5.69. The summed E-state index contributed by atoms with van der Waals surface area (Å²) in [7, 11) is 1.08. The maximum Gasteiger partial charge on any atom is 0.326 e. The van der Waals surface area contributed by atoms with Crippen LogP contribution in [0.4, 0.5) is 0 Å². The van der Waals surface area contributed by atoms with Gasteiger partial charge in [0, 0.05) is 6.07 Å². The Morgan fingerprint density at radius 1 is 1.00 bits per heavy atom. The van der Waals surface area contributed by atoms with Crippen molar-refractivity contribution in [2.24, 2.45) is 0 Å². The van der Waals surface area contributed by atoms with Gasteiger partial charge in [0.1, 0.15) is 6.61 Å². The molecule has 0 saturated heterocycles. The van der Waals surface area contributed by atoms with Crippen molar-refractivity contribution in [3.05, 3.63) is 66.2 Å². The van der Waals surface area contributed by atoms with Crippen molar-refractivity contribution < 1.29 is 9.76 Å². The smallest absolute Gasteiger partial charge is 0.326 e. The highest BCUT2D eigenvalue weighted by Crippen LogP contribution is 2.16. The first-order valence-electron chi connectivity index (χ1n) is 6.40. The van der Waals surface area contributed by atoms with Crippen LogP contribution in [0.1, 0.15) is 5.56 Å². The second-order valence-corrected chi connectivity index (χ2v) is 4.51. The highest BCUT2D eigenvalue weighted by Gasteiger charge is 2.02. The normalized spacial score (nSPS) is 10.4. The van der Waals surface area contributed by atoms with Crippen molar-refractivity contribution in [3.8, 4) is 5.88 Å². The Morgan fingerprint density at radius 3 is 2.65 bits per heavy atom. The number of nitrogens with zero attached hydrogens (tertiary/aromatic N) is 1. The van der Waals surface area contributed by atoms with Gasteiger partial charge in [0.15, 0.2) is 0 Å². The standard InChI is InChI=1S/C16H13BNO2/c19-17-14-7-8-15-13(10-14)6-9-16(18-15)20-11-12-4-2-1-3-5-12/h1-10,19H,11H2. The van der Waals surface area contributed by atoms with E-state index >= 15 is 0 Å². The molecule has 1 heterocycles. The second kappa shape index (κ2) is 5.76. The number of ether oxygens (including phenoxy) is 1. The SMILES string of the molecule is O[B]c1ccc2nc(OCc3ccccc3)ccc2c1. The fraction of sp³-hybridized carbons (Fsp3) is 0.0625. The lowest BCUT2D eigenvalue weighted by Gasteiger charge is -2.07. The van der Waals surface area contributed by atoms with Gasteiger partial charge in [-0.05, 0) is 23.1 Å². The molecule has 3 rings (SSSR count). The molecule has 0 spiro atoms. The van der Waals surface area contributed by atoms with Gasteiger partial charge in [-0.1, -0.05) is 47.9 Å². The number of fused-ring (bicyclic) bond motifs is 1. The maximum absolute atomic E-state index is 8.99. The molecule has 1 N–H and O–H groups in total. The van der Waals surface area contributed by atoms with Gasteiger partial charge in [0.25, 0.3) is 0 Å². The van der Waals surface area contributed by atoms with Gasteiger partial charge in [0.05, 0.1) is 5.52 Å². The van der Waals surface area contributed by atoms with Gasteiger partial charge in [-0.15, -0.1) is 0 Å². The van der Waals surface area contributed by atoms with Crippen molar-refractivity contribution in [1.82, 2.24) is 4.98 Å². The zero-order chi connectivity index (χ0) is 13.8. The minimum Gasteiger partial charge on any atom is -0.473 e. The van der Waals surface area contributed by atoms with Crippen LogP contribution >= 0.6 is 0 Å². The van der Waals surface area contributed by atoms with E-state index in [0.29, 0.717) is 12.5 Å². The van der Waals surface area contributed by atoms with Crippen molar-refractivity contribution in [2.45, 2.75) is 6.61 Å². The molecule has 2 aromatic carbocycles. The molecule has 0 unspecified atom stereocenters. The minimum absolute atomic E-state index is 0.502. The molecule has 3 aromatic rings. The molecule has 97 valence electrons. The van der Waals surface area contributed by atoms with Gasteiger partial charge in [-0.2, -0.15) is 0 Å². The third kappa shape index (κ3) is 2.81. The zero-order valence-corrected chi connectivity index (χ0v) is 10.9. The van der Waals surface area contributed by atoms with Crippen LogP contribution < -0.4 is 10.2 Å². The van der Waals surface area contributed by atoms with Crippen LogP contribution in [0.15, 0.2) is 60.7 Å². The number of aromatic nitrogens is 1. The molecule has 20 heavy (non-hydrogen) atoms. The van der Waals surface area contributed by atoms with Crippen molar-refractivity contribution in [2.75, 3.05) is 0 Å². The minimum atomic E-state index is 0.502. The van der Waals surface area contributed by atoms with Crippen LogP contribution in [0.3, 0.4) is 0 Å². The van der Waals surface area contributed by atoms with E-state index in [2.05, 4.69) is 4.98 Å². The molecule has 0 amide bonds. The molecule has 0 saturated carbocycles. The molecule has 0 fully saturated rings. The Labute approximate surface area is 118 Å². The van der Waals surface area contributed by atoms with E-state index in [0.717, 1.165) is 29.4 Å². The maximum atomic E-state index is 8.99. The van der Waals surface area contributed by atoms with Gasteiger partial charge in [0.2, 0.25) is 5.88 Å². The molecule has 4 heteroatoms. The van der Waals surface area contributed by atoms with E-state index < -0.39 is 0 Å². The topological polar surface area (TPSA) is 42.4 Å². The molecule has 0 aliphatic heterocycles. The van der Waals surface area contributed by atoms with Crippen LogP contribution in [0, 0.1) is 0 Å². The van der Waals surface area contributed by atoms with Crippen molar-refractivity contribution >= 4 is 23.8 Å². The summed E-state index contributed by atoms with van der Waals surface area (Å²) in [6, 6.07) is 19.3. The highest BCUT2D eigenvalue weighted by atomic mass is 16.5. The van der Waals surface area contributed by atoms with E-state index in [9.17, 15) is 0 Å². The van der Waals surface area contributed by atoms with Crippen LogP contribution in [-0.2, 0) is 6.61 Å². The summed E-state index contributed by atoms with van der Waals surface area (Å²) in [5.74, 6) is 0.599. The van der Waals surface area contributed by atoms with Gasteiger partial charge in [-0.3, -0.25) is 0 Å². The molecule has 0 bridgehead atoms. The molecule has 1 aromatic heterocycles. The van der Waals surface area contributed by atoms with Crippen molar-refractivity contribution in [1.29, 1.82) is 0 Å². The van der Waals surface area contributed by atoms with Crippen LogP contribution in [0.5, 0.6) is 5.88 Å². The lowest BCUT2D eigenvalue weighted by molar-refractivity contribution is 0.295. The largest absolute Gasteiger partial charge is 0.473 e. The molecule has 0 aliphatic rings. The first-order chi connectivity index (χ1) is 9.85. The third-order valence-electron chi connectivity index (χ3n) is 3.07. The summed E-state index contributed by atoms with van der Waals surface area (Å²) in [5.41, 5.74) is 2.72. The molecule has 0 atom stereocenters. The number of rotatable bonds is 4. The average Bonchev–Trinajstić information content (AvgIpc) is 2.53. The third-order valence-corrected chi connectivity index (χ3v) is 3.07. The predicted octanol–water partition coefficient (Wildman–Crippen LogP) is 2.05. The first-order valence-corrected chi connectivity index (χ1v) is 6.40. The van der Waals surface area contributed by atoms with Crippen LogP contribution in [0.2, 0.25) is 0 Å². The lowest BCUT2D eigenvalue weighted by atomic mass is 9.88. The number of benzene rings is 2. The fourth-order valence-electron chi connectivity index (χ4n) is 2.02. The highest BCUT2D eigenvalue weighted by molar-refractivity contribution is 6.45. The van der Waals surface area contributed by atoms with Crippen LogP contribution in [-0.4, -0.2) is 17.5 Å². The average molecular weight is 262 g/mol. The van der Waals surface area contributed by atoms with Gasteiger partial charge >= 0.3 is 7.48 Å². The Hall–Kier alpha value is -2.33. The van der Waals surface area contributed by atoms with E-state index in [1.165, 1.54) is 0 Å². The van der Waals surface area contributed by atoms with Gasteiger partial charge in [-0.25, -0.2) is 4.98 Å². The molecular formula is C16H13BNO2. The number of pyridine rings is 1. The lowest BCUT2D eigenvalue weighted by Crippen LogP contribution is -2.12. The number of hydrogen-bond acceptors (Lipinski definition) is 3. The van der Waals surface area contributed by atoms with E-state index in [1.807, 2.05) is 60.7 Å². The quantitative estimate of drug-likeness (QED) is 0.732. The monoisotopic (exact) mass is 262 g/mol. The summed E-state index contributed by atoms with van der Waals surface area (Å²) in [5, 5.41) is 9.96. The van der Waals surface area contributed by atoms with Gasteiger partial charge < -0.3 is 9.76 Å². The molecule has 0 aliphatic carbocycles. The fourth-order valence-corrected chi connectivity index (χ4v) is 2.02. The van der Waals surface area contributed by atoms with E-state index in [1.54, 1.807) is 0 Å². The Morgan fingerprint density at radius 2 is 1.85 bits per heavy atom. The van der Waals surface area contributed by atoms with Crippen LogP contribution in [0.25, 0.3) is 10.9 Å². The molecule has 1 radical (unpaired) electrons. The first kappa shape index (κ1) is 12.7. The predicted molar refractivity (Wildman–Crippen MR) is 80.1 cm³/mol. The summed E-state index contributed by atoms with van der Waals surface area (Å²) in [4.78, 5) is 4.45. The summed E-state index contributed by atoms with van der Waals surface area (Å²) >= 11 is 0. The molecule has 3 nitrogen and oxygen atoms in total. The summed E-state index contributed by atoms with van der Waals surface area (Å²) in [6.07, 6.45) is 0. The van der Waals surface area contributed by atoms with E-state index in [4.69, 9.17) is 9.76 Å². The zero-order valence-electron chi connectivity index (χ0n) is 10.9.